The van der Waals surface area contributed by atoms with Crippen LogP contribution in [0.2, 0.25) is 0 Å². The first-order chi connectivity index (χ1) is 7.76. The first-order valence-electron chi connectivity index (χ1n) is 6.49. The third kappa shape index (κ3) is 2.98. The molecule has 1 aromatic carbocycles. The Bertz CT molecular complexity index is 336. The molecule has 0 heterocycles. The Kier molecular flexibility index (Phi) is 5.31. The smallest absolute Gasteiger partial charge is 0.0127 e. The fraction of sp³-hybridized carbons (Fsp3) is 0.500. The zero-order chi connectivity index (χ0) is 12.0. The van der Waals surface area contributed by atoms with Crippen molar-refractivity contribution in [2.24, 2.45) is 0 Å². The van der Waals surface area contributed by atoms with Crippen LogP contribution in [0.1, 0.15) is 56.2 Å². The van der Waals surface area contributed by atoms with Gasteiger partial charge in [-0.3, -0.25) is 0 Å². The minimum atomic E-state index is 0.652. The average Bonchev–Trinajstić information content (AvgIpc) is 2.35. The van der Waals surface area contributed by atoms with Crippen LogP contribution >= 0.6 is 0 Å². The normalized spacial score (nSPS) is 12.4. The Labute approximate surface area is 100 Å². The fourth-order valence-electron chi connectivity index (χ4n) is 2.28. The van der Waals surface area contributed by atoms with Crippen molar-refractivity contribution >= 4 is 0 Å². The molecule has 0 spiro atoms. The second-order valence-corrected chi connectivity index (χ2v) is 4.37. The van der Waals surface area contributed by atoms with Gasteiger partial charge in [-0.1, -0.05) is 45.0 Å². The van der Waals surface area contributed by atoms with Gasteiger partial charge >= 0.3 is 0 Å². The first kappa shape index (κ1) is 13.0. The van der Waals surface area contributed by atoms with Crippen LogP contribution < -0.4 is 0 Å². The SMILES string of the molecule is C=CCC(CC)c1cc(CC)ccc1CC. The van der Waals surface area contributed by atoms with Gasteiger partial charge in [0.2, 0.25) is 0 Å². The number of aryl methyl sites for hydroxylation is 2. The van der Waals surface area contributed by atoms with Gasteiger partial charge in [0.05, 0.1) is 0 Å². The molecule has 1 unspecified atom stereocenters. The standard InChI is InChI=1S/C16H24/c1-5-9-14(7-3)16-12-13(6-2)10-11-15(16)8-4/h5,10-12,14H,1,6-9H2,2-4H3. The Hall–Kier alpha value is -1.04. The number of rotatable bonds is 6. The van der Waals surface area contributed by atoms with E-state index in [2.05, 4.69) is 45.5 Å². The van der Waals surface area contributed by atoms with Crippen molar-refractivity contribution < 1.29 is 0 Å². The van der Waals surface area contributed by atoms with Crippen LogP contribution in [-0.2, 0) is 12.8 Å². The quantitative estimate of drug-likeness (QED) is 0.594. The Morgan fingerprint density at radius 2 is 1.94 bits per heavy atom. The molecule has 0 N–H and O–H groups in total. The lowest BCUT2D eigenvalue weighted by molar-refractivity contribution is 0.666. The van der Waals surface area contributed by atoms with Crippen LogP contribution in [0.3, 0.4) is 0 Å². The van der Waals surface area contributed by atoms with E-state index in [1.54, 1.807) is 5.56 Å². The van der Waals surface area contributed by atoms with Gasteiger partial charge in [-0.25, -0.2) is 0 Å². The maximum Gasteiger partial charge on any atom is -0.0127 e. The molecule has 16 heavy (non-hydrogen) atoms. The summed E-state index contributed by atoms with van der Waals surface area (Å²) in [5.41, 5.74) is 4.50. The Morgan fingerprint density at radius 1 is 1.19 bits per heavy atom. The van der Waals surface area contributed by atoms with E-state index in [4.69, 9.17) is 0 Å². The molecule has 1 aromatic rings. The second-order valence-electron chi connectivity index (χ2n) is 4.37. The third-order valence-corrected chi connectivity index (χ3v) is 3.38. The summed E-state index contributed by atoms with van der Waals surface area (Å²) in [5, 5.41) is 0. The highest BCUT2D eigenvalue weighted by Gasteiger charge is 2.11. The summed E-state index contributed by atoms with van der Waals surface area (Å²) in [5.74, 6) is 0.652. The van der Waals surface area contributed by atoms with Crippen molar-refractivity contribution in [3.63, 3.8) is 0 Å². The summed E-state index contributed by atoms with van der Waals surface area (Å²) in [6, 6.07) is 6.97. The molecular weight excluding hydrogens is 192 g/mol. The van der Waals surface area contributed by atoms with Crippen LogP contribution in [0, 0.1) is 0 Å². The van der Waals surface area contributed by atoms with Gasteiger partial charge in [0, 0.05) is 0 Å². The molecule has 0 radical (unpaired) electrons. The topological polar surface area (TPSA) is 0 Å². The van der Waals surface area contributed by atoms with Crippen LogP contribution in [0.5, 0.6) is 0 Å². The van der Waals surface area contributed by atoms with Gasteiger partial charge in [0.1, 0.15) is 0 Å². The van der Waals surface area contributed by atoms with E-state index in [1.165, 1.54) is 17.5 Å². The second kappa shape index (κ2) is 6.52. The van der Waals surface area contributed by atoms with Crippen molar-refractivity contribution in [3.05, 3.63) is 47.5 Å². The third-order valence-electron chi connectivity index (χ3n) is 3.38. The number of hydrogen-bond acceptors (Lipinski definition) is 0. The van der Waals surface area contributed by atoms with Crippen molar-refractivity contribution in [3.8, 4) is 0 Å². The lowest BCUT2D eigenvalue weighted by atomic mass is 9.87. The molecule has 0 nitrogen and oxygen atoms in total. The van der Waals surface area contributed by atoms with E-state index >= 15 is 0 Å². The van der Waals surface area contributed by atoms with Crippen LogP contribution in [0.25, 0.3) is 0 Å². The zero-order valence-corrected chi connectivity index (χ0v) is 10.9. The molecule has 0 saturated heterocycles. The van der Waals surface area contributed by atoms with Crippen molar-refractivity contribution in [2.75, 3.05) is 0 Å². The molecule has 0 aliphatic heterocycles. The first-order valence-corrected chi connectivity index (χ1v) is 6.49. The number of allylic oxidation sites excluding steroid dienone is 1. The van der Waals surface area contributed by atoms with E-state index in [1.807, 2.05) is 6.08 Å². The van der Waals surface area contributed by atoms with E-state index < -0.39 is 0 Å². The molecule has 0 aliphatic carbocycles. The molecule has 0 saturated carbocycles. The number of hydrogen-bond donors (Lipinski definition) is 0. The zero-order valence-electron chi connectivity index (χ0n) is 10.9. The molecule has 0 heteroatoms. The summed E-state index contributed by atoms with van der Waals surface area (Å²) in [6.45, 7) is 10.6. The van der Waals surface area contributed by atoms with Crippen LogP contribution in [0.15, 0.2) is 30.9 Å². The monoisotopic (exact) mass is 216 g/mol. The highest BCUT2D eigenvalue weighted by molar-refractivity contribution is 5.35. The van der Waals surface area contributed by atoms with Gasteiger partial charge in [-0.2, -0.15) is 0 Å². The van der Waals surface area contributed by atoms with Gasteiger partial charge in [-0.15, -0.1) is 6.58 Å². The van der Waals surface area contributed by atoms with E-state index in [-0.39, 0.29) is 0 Å². The summed E-state index contributed by atoms with van der Waals surface area (Å²) in [6.07, 6.45) is 6.60. The average molecular weight is 216 g/mol. The van der Waals surface area contributed by atoms with Crippen LogP contribution in [-0.4, -0.2) is 0 Å². The van der Waals surface area contributed by atoms with Gasteiger partial charge in [0.25, 0.3) is 0 Å². The molecule has 0 aromatic heterocycles. The molecule has 1 atom stereocenters. The summed E-state index contributed by atoms with van der Waals surface area (Å²) < 4.78 is 0. The summed E-state index contributed by atoms with van der Waals surface area (Å²) in [4.78, 5) is 0. The van der Waals surface area contributed by atoms with Crippen LogP contribution in [0.4, 0.5) is 0 Å². The van der Waals surface area contributed by atoms with Gasteiger partial charge in [-0.05, 0) is 48.3 Å². The van der Waals surface area contributed by atoms with Gasteiger partial charge in [0.15, 0.2) is 0 Å². The molecule has 0 aliphatic rings. The maximum atomic E-state index is 3.87. The van der Waals surface area contributed by atoms with Gasteiger partial charge < -0.3 is 0 Å². The van der Waals surface area contributed by atoms with E-state index in [9.17, 15) is 0 Å². The van der Waals surface area contributed by atoms with E-state index in [0.717, 1.165) is 19.3 Å². The lowest BCUT2D eigenvalue weighted by Crippen LogP contribution is -2.02. The van der Waals surface area contributed by atoms with E-state index in [0.29, 0.717) is 5.92 Å². The minimum absolute atomic E-state index is 0.652. The number of benzene rings is 1. The molecule has 1 rings (SSSR count). The minimum Gasteiger partial charge on any atom is -0.103 e. The molecule has 0 bridgehead atoms. The van der Waals surface area contributed by atoms with Crippen molar-refractivity contribution in [2.45, 2.75) is 52.4 Å². The lowest BCUT2D eigenvalue weighted by Gasteiger charge is -2.18. The predicted molar refractivity (Wildman–Crippen MR) is 73.0 cm³/mol. The highest BCUT2D eigenvalue weighted by Crippen LogP contribution is 2.28. The van der Waals surface area contributed by atoms with Crippen molar-refractivity contribution in [1.82, 2.24) is 0 Å². The largest absolute Gasteiger partial charge is 0.103 e. The summed E-state index contributed by atoms with van der Waals surface area (Å²) in [7, 11) is 0. The highest BCUT2D eigenvalue weighted by atomic mass is 14.2. The molecular formula is C16H24. The Morgan fingerprint density at radius 3 is 2.44 bits per heavy atom. The maximum absolute atomic E-state index is 3.87. The predicted octanol–water partition coefficient (Wildman–Crippen LogP) is 4.88. The van der Waals surface area contributed by atoms with Crippen molar-refractivity contribution in [1.29, 1.82) is 0 Å². The Balaban J connectivity index is 3.09. The fourth-order valence-corrected chi connectivity index (χ4v) is 2.28. The molecule has 0 fully saturated rings. The molecule has 0 amide bonds. The summed E-state index contributed by atoms with van der Waals surface area (Å²) >= 11 is 0. The molecule has 88 valence electrons.